The van der Waals surface area contributed by atoms with Crippen molar-refractivity contribution in [3.8, 4) is 0 Å². The molecule has 0 aliphatic carbocycles. The van der Waals surface area contributed by atoms with Gasteiger partial charge in [0.05, 0.1) is 0 Å². The first-order chi connectivity index (χ1) is 8.02. The highest BCUT2D eigenvalue weighted by Gasteiger charge is 2.18. The second-order valence-corrected chi connectivity index (χ2v) is 4.64. The highest BCUT2D eigenvalue weighted by Crippen LogP contribution is 2.23. The van der Waals surface area contributed by atoms with Gasteiger partial charge in [-0.05, 0) is 31.5 Å². The van der Waals surface area contributed by atoms with Gasteiger partial charge >= 0.3 is 0 Å². The molecular formula is C14H18N2O. The van der Waals surface area contributed by atoms with E-state index >= 15 is 0 Å². The minimum Gasteiger partial charge on any atom is -0.347 e. The zero-order valence-corrected chi connectivity index (χ0v) is 10.8. The van der Waals surface area contributed by atoms with Crippen LogP contribution in [0.4, 0.5) is 0 Å². The lowest BCUT2D eigenvalue weighted by Gasteiger charge is -2.19. The van der Waals surface area contributed by atoms with Gasteiger partial charge in [-0.15, -0.1) is 0 Å². The lowest BCUT2D eigenvalue weighted by atomic mass is 10.1. The number of aryl methyl sites for hydroxylation is 1. The SMILES string of the molecule is Cc1cccc2c1ccn2C(C)C(=O)N(C)C. The van der Waals surface area contributed by atoms with Gasteiger partial charge < -0.3 is 9.47 Å². The summed E-state index contributed by atoms with van der Waals surface area (Å²) < 4.78 is 2.03. The normalized spacial score (nSPS) is 12.7. The Morgan fingerprint density at radius 1 is 1.29 bits per heavy atom. The quantitative estimate of drug-likeness (QED) is 0.778. The second-order valence-electron chi connectivity index (χ2n) is 4.64. The Hall–Kier alpha value is -1.77. The highest BCUT2D eigenvalue weighted by molar-refractivity contribution is 5.87. The predicted octanol–water partition coefficient (Wildman–Crippen LogP) is 2.60. The predicted molar refractivity (Wildman–Crippen MR) is 70.1 cm³/mol. The lowest BCUT2D eigenvalue weighted by molar-refractivity contribution is -0.131. The summed E-state index contributed by atoms with van der Waals surface area (Å²) in [4.78, 5) is 13.6. The number of likely N-dealkylation sites (N-methyl/N-ethyl adjacent to an activating group) is 1. The van der Waals surface area contributed by atoms with E-state index in [0.29, 0.717) is 0 Å². The van der Waals surface area contributed by atoms with Crippen molar-refractivity contribution in [3.05, 3.63) is 36.0 Å². The molecule has 1 aromatic heterocycles. The van der Waals surface area contributed by atoms with Crippen molar-refractivity contribution < 1.29 is 4.79 Å². The molecule has 0 radical (unpaired) electrons. The van der Waals surface area contributed by atoms with Crippen molar-refractivity contribution in [1.29, 1.82) is 0 Å². The van der Waals surface area contributed by atoms with E-state index in [4.69, 9.17) is 0 Å². The van der Waals surface area contributed by atoms with Crippen molar-refractivity contribution in [3.63, 3.8) is 0 Å². The fourth-order valence-corrected chi connectivity index (χ4v) is 2.17. The molecule has 90 valence electrons. The monoisotopic (exact) mass is 230 g/mol. The summed E-state index contributed by atoms with van der Waals surface area (Å²) in [6.45, 7) is 4.02. The fourth-order valence-electron chi connectivity index (χ4n) is 2.17. The van der Waals surface area contributed by atoms with Gasteiger partial charge in [0.1, 0.15) is 6.04 Å². The molecule has 1 aromatic carbocycles. The van der Waals surface area contributed by atoms with Crippen LogP contribution in [0.2, 0.25) is 0 Å². The molecular weight excluding hydrogens is 212 g/mol. The third-order valence-corrected chi connectivity index (χ3v) is 3.20. The average molecular weight is 230 g/mol. The van der Waals surface area contributed by atoms with E-state index in [2.05, 4.69) is 25.1 Å². The highest BCUT2D eigenvalue weighted by atomic mass is 16.2. The second kappa shape index (κ2) is 4.24. The number of carbonyl (C=O) groups excluding carboxylic acids is 1. The number of hydrogen-bond donors (Lipinski definition) is 0. The van der Waals surface area contributed by atoms with Crippen molar-refractivity contribution in [1.82, 2.24) is 9.47 Å². The third-order valence-electron chi connectivity index (χ3n) is 3.20. The summed E-state index contributed by atoms with van der Waals surface area (Å²) in [5.41, 5.74) is 2.36. The minimum absolute atomic E-state index is 0.115. The van der Waals surface area contributed by atoms with Crippen LogP contribution >= 0.6 is 0 Å². The molecule has 0 saturated carbocycles. The number of carbonyl (C=O) groups is 1. The first-order valence-electron chi connectivity index (χ1n) is 5.79. The van der Waals surface area contributed by atoms with Gasteiger partial charge in [-0.2, -0.15) is 0 Å². The largest absolute Gasteiger partial charge is 0.347 e. The molecule has 0 N–H and O–H groups in total. The van der Waals surface area contributed by atoms with Crippen LogP contribution in [0.3, 0.4) is 0 Å². The van der Waals surface area contributed by atoms with E-state index in [1.807, 2.05) is 23.8 Å². The van der Waals surface area contributed by atoms with E-state index in [1.54, 1.807) is 19.0 Å². The van der Waals surface area contributed by atoms with Crippen LogP contribution in [-0.4, -0.2) is 29.5 Å². The zero-order valence-electron chi connectivity index (χ0n) is 10.8. The Bertz CT molecular complexity index is 554. The van der Waals surface area contributed by atoms with Crippen molar-refractivity contribution in [2.45, 2.75) is 19.9 Å². The van der Waals surface area contributed by atoms with E-state index in [-0.39, 0.29) is 11.9 Å². The molecule has 1 unspecified atom stereocenters. The molecule has 0 bridgehead atoms. The van der Waals surface area contributed by atoms with E-state index in [1.165, 1.54) is 10.9 Å². The molecule has 17 heavy (non-hydrogen) atoms. The molecule has 0 aliphatic heterocycles. The number of fused-ring (bicyclic) bond motifs is 1. The molecule has 0 saturated heterocycles. The molecule has 1 atom stereocenters. The maximum Gasteiger partial charge on any atom is 0.244 e. The Balaban J connectivity index is 2.50. The van der Waals surface area contributed by atoms with Crippen LogP contribution in [0.15, 0.2) is 30.5 Å². The Labute approximate surface area is 102 Å². The maximum atomic E-state index is 12.0. The number of nitrogens with zero attached hydrogens (tertiary/aromatic N) is 2. The minimum atomic E-state index is -0.163. The number of benzene rings is 1. The van der Waals surface area contributed by atoms with Crippen LogP contribution in [-0.2, 0) is 4.79 Å². The molecule has 1 amide bonds. The summed E-state index contributed by atoms with van der Waals surface area (Å²) >= 11 is 0. The molecule has 2 rings (SSSR count). The van der Waals surface area contributed by atoms with Gasteiger partial charge in [0.15, 0.2) is 0 Å². The van der Waals surface area contributed by atoms with E-state index in [9.17, 15) is 4.79 Å². The third kappa shape index (κ3) is 1.93. The van der Waals surface area contributed by atoms with Crippen molar-refractivity contribution >= 4 is 16.8 Å². The molecule has 1 heterocycles. The molecule has 3 nitrogen and oxygen atoms in total. The molecule has 0 spiro atoms. The zero-order chi connectivity index (χ0) is 12.6. The van der Waals surface area contributed by atoms with Crippen molar-refractivity contribution in [2.24, 2.45) is 0 Å². The molecule has 2 aromatic rings. The van der Waals surface area contributed by atoms with Crippen molar-refractivity contribution in [2.75, 3.05) is 14.1 Å². The average Bonchev–Trinajstić information content (AvgIpc) is 2.72. The van der Waals surface area contributed by atoms with Gasteiger partial charge in [-0.3, -0.25) is 4.79 Å². The van der Waals surface area contributed by atoms with Crippen LogP contribution in [0.25, 0.3) is 10.9 Å². The van der Waals surface area contributed by atoms with E-state index in [0.717, 1.165) is 5.52 Å². The van der Waals surface area contributed by atoms with Crippen LogP contribution < -0.4 is 0 Å². The first-order valence-corrected chi connectivity index (χ1v) is 5.79. The molecule has 0 fully saturated rings. The Morgan fingerprint density at radius 2 is 2.00 bits per heavy atom. The summed E-state index contributed by atoms with van der Waals surface area (Å²) in [5.74, 6) is 0.115. The standard InChI is InChI=1S/C14H18N2O/c1-10-6-5-7-13-12(10)8-9-16(13)11(2)14(17)15(3)4/h5-9,11H,1-4H3. The summed E-state index contributed by atoms with van der Waals surface area (Å²) in [6, 6.07) is 8.09. The van der Waals surface area contributed by atoms with Gasteiger partial charge in [-0.25, -0.2) is 0 Å². The topological polar surface area (TPSA) is 25.2 Å². The number of aromatic nitrogens is 1. The number of rotatable bonds is 2. The van der Waals surface area contributed by atoms with Crippen LogP contribution in [0.5, 0.6) is 0 Å². The summed E-state index contributed by atoms with van der Waals surface area (Å²) in [6.07, 6.45) is 1.99. The van der Waals surface area contributed by atoms with Crippen LogP contribution in [0.1, 0.15) is 18.5 Å². The fraction of sp³-hybridized carbons (Fsp3) is 0.357. The Kier molecular flexibility index (Phi) is 2.92. The van der Waals surface area contributed by atoms with Gasteiger partial charge in [0, 0.05) is 31.2 Å². The molecule has 0 aliphatic rings. The van der Waals surface area contributed by atoms with Gasteiger partial charge in [0.2, 0.25) is 5.91 Å². The number of hydrogen-bond acceptors (Lipinski definition) is 1. The first kappa shape index (κ1) is 11.7. The van der Waals surface area contributed by atoms with E-state index < -0.39 is 0 Å². The summed E-state index contributed by atoms with van der Waals surface area (Å²) in [7, 11) is 3.57. The van der Waals surface area contributed by atoms with Gasteiger partial charge in [0.25, 0.3) is 0 Å². The van der Waals surface area contributed by atoms with Gasteiger partial charge in [-0.1, -0.05) is 12.1 Å². The Morgan fingerprint density at radius 3 is 2.65 bits per heavy atom. The smallest absolute Gasteiger partial charge is 0.244 e. The summed E-state index contributed by atoms with van der Waals surface area (Å²) in [5, 5.41) is 1.21. The lowest BCUT2D eigenvalue weighted by Crippen LogP contribution is -2.29. The number of amides is 1. The maximum absolute atomic E-state index is 12.0. The molecule has 3 heteroatoms. The van der Waals surface area contributed by atoms with Crippen LogP contribution in [0, 0.1) is 6.92 Å².